The Labute approximate surface area is 174 Å². The van der Waals surface area contributed by atoms with Crippen molar-refractivity contribution in [3.8, 4) is 0 Å². The molecular weight excluding hydrogens is 380 g/mol. The van der Waals surface area contributed by atoms with Crippen LogP contribution in [0.25, 0.3) is 0 Å². The number of hydrogen-bond donors (Lipinski definition) is 1. The smallest absolute Gasteiger partial charge is 0.255 e. The highest BCUT2D eigenvalue weighted by molar-refractivity contribution is 7.09. The van der Waals surface area contributed by atoms with E-state index in [0.717, 1.165) is 30.1 Å². The fourth-order valence-corrected chi connectivity index (χ4v) is 3.95. The number of nitrogens with one attached hydrogen (secondary N) is 1. The van der Waals surface area contributed by atoms with Crippen molar-refractivity contribution in [2.45, 2.75) is 19.6 Å². The molecule has 0 aliphatic carbocycles. The third-order valence-electron chi connectivity index (χ3n) is 4.55. The molecule has 29 heavy (non-hydrogen) atoms. The zero-order valence-corrected chi connectivity index (χ0v) is 16.8. The van der Waals surface area contributed by atoms with E-state index in [0.29, 0.717) is 12.1 Å². The fraction of sp³-hybridized carbons (Fsp3) is 0.125. The number of carbonyl (C=O) groups is 1. The van der Waals surface area contributed by atoms with E-state index in [9.17, 15) is 4.79 Å². The van der Waals surface area contributed by atoms with E-state index >= 15 is 0 Å². The van der Waals surface area contributed by atoms with Crippen LogP contribution < -0.4 is 5.32 Å². The van der Waals surface area contributed by atoms with Crippen LogP contribution in [0.2, 0.25) is 0 Å². The summed E-state index contributed by atoms with van der Waals surface area (Å²) in [5.41, 5.74) is 2.54. The Kier molecular flexibility index (Phi) is 6.19. The van der Waals surface area contributed by atoms with Crippen LogP contribution in [0.15, 0.2) is 94.9 Å². The lowest BCUT2D eigenvalue weighted by Crippen LogP contribution is -2.22. The number of amides is 1. The van der Waals surface area contributed by atoms with E-state index < -0.39 is 0 Å². The lowest BCUT2D eigenvalue weighted by molar-refractivity contribution is 0.102. The average molecular weight is 403 g/mol. The molecule has 2 aromatic carbocycles. The number of furan rings is 1. The number of benzene rings is 2. The normalized spacial score (nSPS) is 10.9. The number of carbonyl (C=O) groups excluding carboxylic acids is 1. The van der Waals surface area contributed by atoms with Gasteiger partial charge in [-0.05, 0) is 53.4 Å². The molecule has 4 rings (SSSR count). The number of rotatable bonds is 8. The molecule has 4 nitrogen and oxygen atoms in total. The second-order valence-electron chi connectivity index (χ2n) is 6.82. The number of para-hydroxylation sites is 1. The van der Waals surface area contributed by atoms with Crippen molar-refractivity contribution in [1.29, 1.82) is 0 Å². The summed E-state index contributed by atoms with van der Waals surface area (Å²) in [5, 5.41) is 5.04. The molecule has 5 heteroatoms. The Morgan fingerprint density at radius 1 is 0.897 bits per heavy atom. The predicted molar refractivity (Wildman–Crippen MR) is 117 cm³/mol. The molecule has 2 aromatic heterocycles. The summed E-state index contributed by atoms with van der Waals surface area (Å²) in [5.74, 6) is 0.827. The number of anilines is 1. The van der Waals surface area contributed by atoms with Gasteiger partial charge in [-0.3, -0.25) is 9.69 Å². The maximum Gasteiger partial charge on any atom is 0.255 e. The molecule has 146 valence electrons. The minimum atomic E-state index is -0.103. The van der Waals surface area contributed by atoms with Gasteiger partial charge in [0.15, 0.2) is 0 Å². The monoisotopic (exact) mass is 402 g/mol. The molecule has 0 spiro atoms. The van der Waals surface area contributed by atoms with Crippen molar-refractivity contribution in [3.63, 3.8) is 0 Å². The van der Waals surface area contributed by atoms with Crippen LogP contribution in [0.4, 0.5) is 5.69 Å². The minimum Gasteiger partial charge on any atom is -0.468 e. The molecular formula is C24H22N2O2S. The largest absolute Gasteiger partial charge is 0.468 e. The SMILES string of the molecule is O=C(Nc1ccccc1)c1cccc(CN(Cc2ccco2)Cc2cccs2)c1. The summed E-state index contributed by atoms with van der Waals surface area (Å²) < 4.78 is 5.55. The van der Waals surface area contributed by atoms with E-state index in [1.165, 1.54) is 4.88 Å². The predicted octanol–water partition coefficient (Wildman–Crippen LogP) is 5.80. The maximum atomic E-state index is 12.6. The van der Waals surface area contributed by atoms with Crippen LogP contribution in [0, 0.1) is 0 Å². The Morgan fingerprint density at radius 2 is 1.79 bits per heavy atom. The first-order valence-corrected chi connectivity index (χ1v) is 10.4. The zero-order valence-electron chi connectivity index (χ0n) is 16.0. The van der Waals surface area contributed by atoms with Crippen molar-refractivity contribution < 1.29 is 9.21 Å². The van der Waals surface area contributed by atoms with Gasteiger partial charge < -0.3 is 9.73 Å². The van der Waals surface area contributed by atoms with Crippen LogP contribution >= 0.6 is 11.3 Å². The van der Waals surface area contributed by atoms with Crippen LogP contribution in [-0.4, -0.2) is 10.8 Å². The van der Waals surface area contributed by atoms with Gasteiger partial charge in [-0.2, -0.15) is 0 Å². The van der Waals surface area contributed by atoms with Crippen molar-refractivity contribution in [3.05, 3.63) is 112 Å². The molecule has 0 atom stereocenters. The number of hydrogen-bond acceptors (Lipinski definition) is 4. The fourth-order valence-electron chi connectivity index (χ4n) is 3.21. The van der Waals surface area contributed by atoms with Gasteiger partial charge in [-0.25, -0.2) is 0 Å². The number of thiophene rings is 1. The summed E-state index contributed by atoms with van der Waals surface area (Å²) in [6.45, 7) is 2.27. The quantitative estimate of drug-likeness (QED) is 0.405. The maximum absolute atomic E-state index is 12.6. The summed E-state index contributed by atoms with van der Waals surface area (Å²) >= 11 is 1.75. The molecule has 0 fully saturated rings. The van der Waals surface area contributed by atoms with E-state index in [1.54, 1.807) is 17.6 Å². The molecule has 0 aliphatic heterocycles. The van der Waals surface area contributed by atoms with Gasteiger partial charge in [0, 0.05) is 29.2 Å². The molecule has 0 saturated heterocycles. The zero-order chi connectivity index (χ0) is 19.9. The van der Waals surface area contributed by atoms with Gasteiger partial charge in [-0.1, -0.05) is 36.4 Å². The van der Waals surface area contributed by atoms with Crippen LogP contribution in [0.3, 0.4) is 0 Å². The molecule has 0 saturated carbocycles. The second-order valence-corrected chi connectivity index (χ2v) is 7.86. The van der Waals surface area contributed by atoms with Crippen molar-refractivity contribution in [1.82, 2.24) is 4.90 Å². The van der Waals surface area contributed by atoms with Crippen LogP contribution in [-0.2, 0) is 19.6 Å². The molecule has 0 radical (unpaired) electrons. The highest BCUT2D eigenvalue weighted by Crippen LogP contribution is 2.18. The van der Waals surface area contributed by atoms with Gasteiger partial charge in [0.2, 0.25) is 0 Å². The molecule has 4 aromatic rings. The van der Waals surface area contributed by atoms with E-state index in [1.807, 2.05) is 60.7 Å². The Balaban J connectivity index is 1.48. The second kappa shape index (κ2) is 9.37. The summed E-state index contributed by atoms with van der Waals surface area (Å²) in [7, 11) is 0. The first-order valence-electron chi connectivity index (χ1n) is 9.49. The van der Waals surface area contributed by atoms with E-state index in [4.69, 9.17) is 4.42 Å². The van der Waals surface area contributed by atoms with Crippen LogP contribution in [0.5, 0.6) is 0 Å². The molecule has 1 amide bonds. The molecule has 1 N–H and O–H groups in total. The van der Waals surface area contributed by atoms with Crippen molar-refractivity contribution in [2.75, 3.05) is 5.32 Å². The standard InChI is InChI=1S/C24H22N2O2S/c27-24(25-21-9-2-1-3-10-21)20-8-4-7-19(15-20)16-26(17-22-11-5-13-28-22)18-23-12-6-14-29-23/h1-15H,16-18H2,(H,25,27). The van der Waals surface area contributed by atoms with Crippen LogP contribution in [0.1, 0.15) is 26.6 Å². The lowest BCUT2D eigenvalue weighted by Gasteiger charge is -2.21. The molecule has 0 unspecified atom stereocenters. The first kappa shape index (κ1) is 19.2. The van der Waals surface area contributed by atoms with Gasteiger partial charge in [0.05, 0.1) is 12.8 Å². The topological polar surface area (TPSA) is 45.5 Å². The van der Waals surface area contributed by atoms with E-state index in [-0.39, 0.29) is 5.91 Å². The van der Waals surface area contributed by atoms with Gasteiger partial charge in [-0.15, -0.1) is 11.3 Å². The van der Waals surface area contributed by atoms with Gasteiger partial charge in [0.25, 0.3) is 5.91 Å². The lowest BCUT2D eigenvalue weighted by atomic mass is 10.1. The Morgan fingerprint density at radius 3 is 2.55 bits per heavy atom. The highest BCUT2D eigenvalue weighted by atomic mass is 32.1. The Bertz CT molecular complexity index is 992. The third kappa shape index (κ3) is 5.44. The number of nitrogens with zero attached hydrogens (tertiary/aromatic N) is 1. The third-order valence-corrected chi connectivity index (χ3v) is 5.41. The minimum absolute atomic E-state index is 0.103. The summed E-state index contributed by atoms with van der Waals surface area (Å²) in [4.78, 5) is 16.2. The van der Waals surface area contributed by atoms with Gasteiger partial charge in [0.1, 0.15) is 5.76 Å². The van der Waals surface area contributed by atoms with Crippen molar-refractivity contribution >= 4 is 22.9 Å². The molecule has 2 heterocycles. The Hall–Kier alpha value is -3.15. The van der Waals surface area contributed by atoms with Crippen molar-refractivity contribution in [2.24, 2.45) is 0 Å². The van der Waals surface area contributed by atoms with Gasteiger partial charge >= 0.3 is 0 Å². The first-order chi connectivity index (χ1) is 14.3. The summed E-state index contributed by atoms with van der Waals surface area (Å²) in [6.07, 6.45) is 1.70. The highest BCUT2D eigenvalue weighted by Gasteiger charge is 2.13. The summed E-state index contributed by atoms with van der Waals surface area (Å²) in [6, 6.07) is 25.4. The van der Waals surface area contributed by atoms with E-state index in [2.05, 4.69) is 33.8 Å². The average Bonchev–Trinajstić information content (AvgIpc) is 3.43. The molecule has 0 bridgehead atoms. The molecule has 0 aliphatic rings.